The molecular weight excluding hydrogens is 508 g/mol. The molecule has 1 aliphatic heterocycles. The molecule has 0 spiro atoms. The lowest BCUT2D eigenvalue weighted by Crippen LogP contribution is -2.31. The van der Waals surface area contributed by atoms with Gasteiger partial charge in [0.1, 0.15) is 5.58 Å². The number of nitrogens with zero attached hydrogens (tertiary/aromatic N) is 2. The molecule has 3 heterocycles. The van der Waals surface area contributed by atoms with Crippen LogP contribution in [0.5, 0.6) is 0 Å². The van der Waals surface area contributed by atoms with Gasteiger partial charge < -0.3 is 14.3 Å². The van der Waals surface area contributed by atoms with Crippen molar-refractivity contribution in [1.82, 2.24) is 4.98 Å². The molecule has 0 radical (unpaired) electrons. The van der Waals surface area contributed by atoms with Crippen LogP contribution in [0.1, 0.15) is 46.4 Å². The van der Waals surface area contributed by atoms with E-state index < -0.39 is 29.5 Å². The number of hydrogen-bond acceptors (Lipinski definition) is 7. The third-order valence-electron chi connectivity index (χ3n) is 6.08. The van der Waals surface area contributed by atoms with E-state index in [9.17, 15) is 19.5 Å². The van der Waals surface area contributed by atoms with Gasteiger partial charge in [-0.05, 0) is 66.1 Å². The summed E-state index contributed by atoms with van der Waals surface area (Å²) in [4.78, 5) is 44.8. The van der Waals surface area contributed by atoms with Gasteiger partial charge in [-0.25, -0.2) is 4.79 Å². The van der Waals surface area contributed by atoms with Crippen LogP contribution in [-0.2, 0) is 9.53 Å². The van der Waals surface area contributed by atoms with Crippen molar-refractivity contribution in [3.8, 4) is 0 Å². The van der Waals surface area contributed by atoms with Gasteiger partial charge in [0.2, 0.25) is 5.78 Å². The van der Waals surface area contributed by atoms with Crippen molar-refractivity contribution in [2.45, 2.75) is 19.9 Å². The Balaban J connectivity index is 1.53. The fraction of sp³-hybridized carbons (Fsp3) is 0.172. The first-order chi connectivity index (χ1) is 18.2. The highest BCUT2D eigenvalue weighted by atomic mass is 35.5. The number of aliphatic hydroxyl groups excluding tert-OH is 1. The highest BCUT2D eigenvalue weighted by Crippen LogP contribution is 2.42. The predicted molar refractivity (Wildman–Crippen MR) is 141 cm³/mol. The van der Waals surface area contributed by atoms with Crippen LogP contribution in [0, 0.1) is 5.92 Å². The number of aliphatic hydroxyl groups is 1. The Kier molecular flexibility index (Phi) is 6.73. The smallest absolute Gasteiger partial charge is 0.338 e. The van der Waals surface area contributed by atoms with E-state index in [1.807, 2.05) is 13.8 Å². The van der Waals surface area contributed by atoms with Crippen LogP contribution in [0.4, 0.5) is 5.69 Å². The van der Waals surface area contributed by atoms with Gasteiger partial charge in [0.25, 0.3) is 5.91 Å². The first-order valence-corrected chi connectivity index (χ1v) is 12.3. The molecule has 0 fully saturated rings. The molecule has 1 N–H and O–H groups in total. The second kappa shape index (κ2) is 10.1. The number of esters is 1. The standard InChI is InChI=1S/C29H23ClN2O6/c1-16(2)15-37-29(36)17-5-8-21(9-6-17)32-25(18-4-3-11-31-14-18)24(27(34)28(32)35)26(33)23-13-19-12-20(30)7-10-22(19)38-23/h3-14,16,25,34H,15H2,1-2H3. The van der Waals surface area contributed by atoms with Crippen molar-refractivity contribution in [3.63, 3.8) is 0 Å². The van der Waals surface area contributed by atoms with E-state index in [4.69, 9.17) is 20.8 Å². The number of anilines is 1. The van der Waals surface area contributed by atoms with Crippen molar-refractivity contribution in [1.29, 1.82) is 0 Å². The summed E-state index contributed by atoms with van der Waals surface area (Å²) in [5.74, 6) is -2.44. The molecule has 1 aliphatic rings. The molecule has 192 valence electrons. The number of rotatable bonds is 7. The minimum atomic E-state index is -0.987. The van der Waals surface area contributed by atoms with Crippen molar-refractivity contribution in [2.75, 3.05) is 11.5 Å². The highest BCUT2D eigenvalue weighted by molar-refractivity contribution is 6.31. The quantitative estimate of drug-likeness (QED) is 0.228. The molecular formula is C29H23ClN2O6. The number of ether oxygens (including phenoxy) is 1. The highest BCUT2D eigenvalue weighted by Gasteiger charge is 2.45. The summed E-state index contributed by atoms with van der Waals surface area (Å²) in [6.07, 6.45) is 3.09. The van der Waals surface area contributed by atoms with Gasteiger partial charge in [0.15, 0.2) is 11.5 Å². The molecule has 0 saturated heterocycles. The third-order valence-corrected chi connectivity index (χ3v) is 6.32. The van der Waals surface area contributed by atoms with Crippen molar-refractivity contribution in [3.05, 3.63) is 106 Å². The summed E-state index contributed by atoms with van der Waals surface area (Å²) in [6, 6.07) is 15.1. The van der Waals surface area contributed by atoms with Crippen LogP contribution < -0.4 is 4.90 Å². The second-order valence-electron chi connectivity index (χ2n) is 9.29. The van der Waals surface area contributed by atoms with E-state index in [0.29, 0.717) is 32.8 Å². The van der Waals surface area contributed by atoms with Gasteiger partial charge in [-0.1, -0.05) is 31.5 Å². The van der Waals surface area contributed by atoms with Crippen LogP contribution in [0.15, 0.2) is 88.8 Å². The van der Waals surface area contributed by atoms with Crippen molar-refractivity contribution >= 4 is 45.9 Å². The molecule has 2 aromatic carbocycles. The topological polar surface area (TPSA) is 110 Å². The number of aromatic nitrogens is 1. The van der Waals surface area contributed by atoms with Crippen LogP contribution in [0.3, 0.4) is 0 Å². The Bertz CT molecular complexity index is 1570. The van der Waals surface area contributed by atoms with Crippen molar-refractivity contribution in [2.24, 2.45) is 5.92 Å². The fourth-order valence-electron chi connectivity index (χ4n) is 4.30. The number of furan rings is 1. The van der Waals surface area contributed by atoms with Gasteiger partial charge in [0, 0.05) is 28.5 Å². The number of halogens is 1. The van der Waals surface area contributed by atoms with Crippen LogP contribution >= 0.6 is 11.6 Å². The molecule has 1 amide bonds. The minimum absolute atomic E-state index is 0.0457. The Hall–Kier alpha value is -4.43. The summed E-state index contributed by atoms with van der Waals surface area (Å²) < 4.78 is 11.0. The van der Waals surface area contributed by atoms with Crippen molar-refractivity contribution < 1.29 is 28.6 Å². The number of hydrogen-bond donors (Lipinski definition) is 1. The molecule has 4 aromatic rings. The van der Waals surface area contributed by atoms with Gasteiger partial charge in [-0.15, -0.1) is 0 Å². The largest absolute Gasteiger partial charge is 0.503 e. The lowest BCUT2D eigenvalue weighted by atomic mass is 9.96. The Labute approximate surface area is 223 Å². The van der Waals surface area contributed by atoms with Crippen LogP contribution in [0.2, 0.25) is 5.02 Å². The summed E-state index contributed by atoms with van der Waals surface area (Å²) in [7, 11) is 0. The number of benzene rings is 2. The molecule has 0 aliphatic carbocycles. The van der Waals surface area contributed by atoms with Gasteiger partial charge in [-0.2, -0.15) is 0 Å². The number of Topliss-reactive ketones (excluding diaryl/α,β-unsaturated/α-hetero) is 1. The predicted octanol–water partition coefficient (Wildman–Crippen LogP) is 6.08. The van der Waals surface area contributed by atoms with E-state index in [-0.39, 0.29) is 23.9 Å². The first-order valence-electron chi connectivity index (χ1n) is 11.9. The zero-order valence-electron chi connectivity index (χ0n) is 20.6. The molecule has 1 unspecified atom stereocenters. The molecule has 38 heavy (non-hydrogen) atoms. The zero-order chi connectivity index (χ0) is 27.0. The maximum absolute atomic E-state index is 13.7. The molecule has 0 bridgehead atoms. The normalized spacial score (nSPS) is 15.5. The number of carbonyl (C=O) groups is 3. The molecule has 5 rings (SSSR count). The summed E-state index contributed by atoms with van der Waals surface area (Å²) in [6.45, 7) is 4.16. The third kappa shape index (κ3) is 4.66. The van der Waals surface area contributed by atoms with E-state index in [0.717, 1.165) is 0 Å². The Morgan fingerprint density at radius 1 is 1.13 bits per heavy atom. The van der Waals surface area contributed by atoms with Gasteiger partial charge in [0.05, 0.1) is 23.8 Å². The SMILES string of the molecule is CC(C)COC(=O)c1ccc(N2C(=O)C(O)=C(C(=O)c3cc4cc(Cl)ccc4o3)C2c2cccnc2)cc1. The number of ketones is 1. The van der Waals surface area contributed by atoms with Crippen LogP contribution in [-0.4, -0.2) is 34.4 Å². The number of carbonyl (C=O) groups excluding carboxylic acids is 3. The average Bonchev–Trinajstić information content (AvgIpc) is 3.45. The number of pyridine rings is 1. The molecule has 1 atom stereocenters. The van der Waals surface area contributed by atoms with Crippen LogP contribution in [0.25, 0.3) is 11.0 Å². The van der Waals surface area contributed by atoms with E-state index >= 15 is 0 Å². The summed E-state index contributed by atoms with van der Waals surface area (Å²) in [5, 5.41) is 12.0. The maximum atomic E-state index is 13.7. The second-order valence-corrected chi connectivity index (χ2v) is 9.72. The maximum Gasteiger partial charge on any atom is 0.338 e. The fourth-order valence-corrected chi connectivity index (χ4v) is 4.48. The summed E-state index contributed by atoms with van der Waals surface area (Å²) >= 11 is 6.07. The molecule has 2 aromatic heterocycles. The summed E-state index contributed by atoms with van der Waals surface area (Å²) in [5.41, 5.74) is 1.49. The zero-order valence-corrected chi connectivity index (χ0v) is 21.3. The Morgan fingerprint density at radius 3 is 2.58 bits per heavy atom. The first kappa shape index (κ1) is 25.2. The van der Waals surface area contributed by atoms with Gasteiger partial charge >= 0.3 is 5.97 Å². The molecule has 0 saturated carbocycles. The monoisotopic (exact) mass is 530 g/mol. The van der Waals surface area contributed by atoms with Gasteiger partial charge in [-0.3, -0.25) is 19.5 Å². The average molecular weight is 531 g/mol. The van der Waals surface area contributed by atoms with E-state index in [1.54, 1.807) is 48.7 Å². The van der Waals surface area contributed by atoms with E-state index in [2.05, 4.69) is 4.98 Å². The number of fused-ring (bicyclic) bond motifs is 1. The lowest BCUT2D eigenvalue weighted by Gasteiger charge is -2.26. The number of amides is 1. The minimum Gasteiger partial charge on any atom is -0.503 e. The molecule has 8 nitrogen and oxygen atoms in total. The Morgan fingerprint density at radius 2 is 1.89 bits per heavy atom. The molecule has 9 heteroatoms. The lowest BCUT2D eigenvalue weighted by molar-refractivity contribution is -0.117. The van der Waals surface area contributed by atoms with E-state index in [1.165, 1.54) is 29.3 Å².